The van der Waals surface area contributed by atoms with Crippen LogP contribution in [0.3, 0.4) is 0 Å². The van der Waals surface area contributed by atoms with E-state index in [1.165, 1.54) is 24.8 Å². The minimum absolute atomic E-state index is 0.112. The van der Waals surface area contributed by atoms with Gasteiger partial charge in [-0.25, -0.2) is 0 Å². The number of aryl methyl sites for hydroxylation is 1. The van der Waals surface area contributed by atoms with E-state index in [2.05, 4.69) is 40.5 Å². The van der Waals surface area contributed by atoms with Crippen molar-refractivity contribution < 1.29 is 4.79 Å². The molecule has 0 bridgehead atoms. The number of hydrogen-bond donors (Lipinski definition) is 1. The molecule has 0 saturated carbocycles. The third-order valence-corrected chi connectivity index (χ3v) is 5.15. The lowest BCUT2D eigenvalue weighted by Gasteiger charge is -2.31. The molecule has 0 aromatic heterocycles. The maximum atomic E-state index is 12.2. The predicted octanol–water partition coefficient (Wildman–Crippen LogP) is 4.28. The van der Waals surface area contributed by atoms with Gasteiger partial charge in [-0.15, -0.1) is 0 Å². The number of carbonyl (C=O) groups excluding carboxylic acids is 1. The van der Waals surface area contributed by atoms with Crippen LogP contribution in [0.25, 0.3) is 0 Å². The molecule has 3 nitrogen and oxygen atoms in total. The molecule has 0 radical (unpaired) electrons. The summed E-state index contributed by atoms with van der Waals surface area (Å²) in [7, 11) is 0. The van der Waals surface area contributed by atoms with E-state index in [1.807, 2.05) is 31.2 Å². The molecule has 3 heteroatoms. The second-order valence-electron chi connectivity index (χ2n) is 7.09. The zero-order chi connectivity index (χ0) is 17.5. The standard InChI is InChI=1S/C22H28N2O/c1-18-7-5-6-10-21(18)23-22(25)13-16-24-14-11-20(12-15-24)17-19-8-3-2-4-9-19/h2-10,20H,11-17H2,1H3,(H,23,25). The van der Waals surface area contributed by atoms with Crippen molar-refractivity contribution in [3.8, 4) is 0 Å². The summed E-state index contributed by atoms with van der Waals surface area (Å²) in [4.78, 5) is 14.6. The fraction of sp³-hybridized carbons (Fsp3) is 0.409. The summed E-state index contributed by atoms with van der Waals surface area (Å²) in [5.74, 6) is 0.889. The lowest BCUT2D eigenvalue weighted by atomic mass is 9.90. The van der Waals surface area contributed by atoms with E-state index in [-0.39, 0.29) is 5.91 Å². The molecule has 0 unspecified atom stereocenters. The number of amides is 1. The highest BCUT2D eigenvalue weighted by atomic mass is 16.1. The molecule has 25 heavy (non-hydrogen) atoms. The van der Waals surface area contributed by atoms with Crippen LogP contribution in [0.4, 0.5) is 5.69 Å². The molecule has 0 spiro atoms. The molecule has 2 aromatic carbocycles. The highest BCUT2D eigenvalue weighted by Crippen LogP contribution is 2.22. The first-order valence-corrected chi connectivity index (χ1v) is 9.32. The Morgan fingerprint density at radius 2 is 1.72 bits per heavy atom. The van der Waals surface area contributed by atoms with E-state index in [0.717, 1.165) is 36.8 Å². The van der Waals surface area contributed by atoms with Crippen molar-refractivity contribution in [2.24, 2.45) is 5.92 Å². The third-order valence-electron chi connectivity index (χ3n) is 5.15. The first-order chi connectivity index (χ1) is 12.2. The number of para-hydroxylation sites is 1. The summed E-state index contributed by atoms with van der Waals surface area (Å²) in [6, 6.07) is 18.7. The highest BCUT2D eigenvalue weighted by molar-refractivity contribution is 5.91. The molecule has 3 rings (SSSR count). The molecule has 1 N–H and O–H groups in total. The van der Waals surface area contributed by atoms with Gasteiger partial charge in [-0.2, -0.15) is 0 Å². The molecule has 1 amide bonds. The summed E-state index contributed by atoms with van der Waals surface area (Å²) in [6.07, 6.45) is 4.21. The molecule has 0 atom stereocenters. The topological polar surface area (TPSA) is 32.3 Å². The van der Waals surface area contributed by atoms with Gasteiger partial charge in [-0.3, -0.25) is 4.79 Å². The van der Waals surface area contributed by atoms with Crippen LogP contribution in [0.1, 0.15) is 30.4 Å². The van der Waals surface area contributed by atoms with E-state index >= 15 is 0 Å². The lowest BCUT2D eigenvalue weighted by molar-refractivity contribution is -0.116. The van der Waals surface area contributed by atoms with Crippen molar-refractivity contribution in [3.63, 3.8) is 0 Å². The van der Waals surface area contributed by atoms with E-state index < -0.39 is 0 Å². The second-order valence-corrected chi connectivity index (χ2v) is 7.09. The first kappa shape index (κ1) is 17.7. The monoisotopic (exact) mass is 336 g/mol. The van der Waals surface area contributed by atoms with Crippen LogP contribution >= 0.6 is 0 Å². The molecular formula is C22H28N2O. The third kappa shape index (κ3) is 5.43. The van der Waals surface area contributed by atoms with Gasteiger partial charge in [0.2, 0.25) is 5.91 Å². The fourth-order valence-corrected chi connectivity index (χ4v) is 3.55. The Morgan fingerprint density at radius 1 is 1.04 bits per heavy atom. The van der Waals surface area contributed by atoms with Crippen LogP contribution in [0, 0.1) is 12.8 Å². The van der Waals surface area contributed by atoms with Gasteiger partial charge in [0.25, 0.3) is 0 Å². The number of piperidine rings is 1. The zero-order valence-corrected chi connectivity index (χ0v) is 15.1. The number of nitrogens with one attached hydrogen (secondary N) is 1. The molecule has 1 heterocycles. The Kier molecular flexibility index (Phi) is 6.24. The van der Waals surface area contributed by atoms with Crippen LogP contribution in [-0.2, 0) is 11.2 Å². The van der Waals surface area contributed by atoms with E-state index in [9.17, 15) is 4.79 Å². The Morgan fingerprint density at radius 3 is 2.44 bits per heavy atom. The minimum Gasteiger partial charge on any atom is -0.326 e. The Bertz CT molecular complexity index is 675. The number of likely N-dealkylation sites (tertiary alicyclic amines) is 1. The molecule has 132 valence electrons. The van der Waals surface area contributed by atoms with Gasteiger partial charge in [0.15, 0.2) is 0 Å². The average molecular weight is 336 g/mol. The fourth-order valence-electron chi connectivity index (χ4n) is 3.55. The van der Waals surface area contributed by atoms with Gasteiger partial charge < -0.3 is 10.2 Å². The van der Waals surface area contributed by atoms with Gasteiger partial charge in [0.1, 0.15) is 0 Å². The van der Waals surface area contributed by atoms with Crippen LogP contribution < -0.4 is 5.32 Å². The average Bonchev–Trinajstić information content (AvgIpc) is 2.64. The molecule has 1 aliphatic heterocycles. The smallest absolute Gasteiger partial charge is 0.225 e. The number of hydrogen-bond acceptors (Lipinski definition) is 2. The molecule has 0 aliphatic carbocycles. The van der Waals surface area contributed by atoms with E-state index in [0.29, 0.717) is 6.42 Å². The SMILES string of the molecule is Cc1ccccc1NC(=O)CCN1CCC(Cc2ccccc2)CC1. The van der Waals surface area contributed by atoms with Crippen molar-refractivity contribution in [3.05, 3.63) is 65.7 Å². The van der Waals surface area contributed by atoms with Crippen molar-refractivity contribution in [2.45, 2.75) is 32.6 Å². The largest absolute Gasteiger partial charge is 0.326 e. The van der Waals surface area contributed by atoms with E-state index in [4.69, 9.17) is 0 Å². The molecular weight excluding hydrogens is 308 g/mol. The van der Waals surface area contributed by atoms with Crippen molar-refractivity contribution in [1.82, 2.24) is 4.90 Å². The maximum absolute atomic E-state index is 12.2. The van der Waals surface area contributed by atoms with Gasteiger partial charge in [-0.05, 0) is 62.4 Å². The summed E-state index contributed by atoms with van der Waals surface area (Å²) in [5.41, 5.74) is 3.48. The van der Waals surface area contributed by atoms with Crippen molar-refractivity contribution in [1.29, 1.82) is 0 Å². The Hall–Kier alpha value is -2.13. The second kappa shape index (κ2) is 8.82. The molecule has 2 aromatic rings. The molecule has 1 aliphatic rings. The lowest BCUT2D eigenvalue weighted by Crippen LogP contribution is -2.36. The van der Waals surface area contributed by atoms with Crippen LogP contribution in [0.15, 0.2) is 54.6 Å². The van der Waals surface area contributed by atoms with Crippen LogP contribution in [0.2, 0.25) is 0 Å². The Balaban J connectivity index is 1.38. The normalized spacial score (nSPS) is 15.9. The number of rotatable bonds is 6. The highest BCUT2D eigenvalue weighted by Gasteiger charge is 2.19. The quantitative estimate of drug-likeness (QED) is 0.854. The van der Waals surface area contributed by atoms with Crippen molar-refractivity contribution in [2.75, 3.05) is 25.0 Å². The van der Waals surface area contributed by atoms with E-state index in [1.54, 1.807) is 0 Å². The zero-order valence-electron chi connectivity index (χ0n) is 15.1. The maximum Gasteiger partial charge on any atom is 0.225 e. The van der Waals surface area contributed by atoms with Gasteiger partial charge in [-0.1, -0.05) is 48.5 Å². The first-order valence-electron chi connectivity index (χ1n) is 9.32. The Labute approximate surface area is 151 Å². The number of anilines is 1. The minimum atomic E-state index is 0.112. The molecule has 1 fully saturated rings. The van der Waals surface area contributed by atoms with Gasteiger partial charge in [0.05, 0.1) is 0 Å². The summed E-state index contributed by atoms with van der Waals surface area (Å²) in [5, 5.41) is 3.03. The summed E-state index contributed by atoms with van der Waals surface area (Å²) >= 11 is 0. The van der Waals surface area contributed by atoms with Gasteiger partial charge >= 0.3 is 0 Å². The number of carbonyl (C=O) groups is 1. The number of benzene rings is 2. The summed E-state index contributed by atoms with van der Waals surface area (Å²) < 4.78 is 0. The van der Waals surface area contributed by atoms with Crippen molar-refractivity contribution >= 4 is 11.6 Å². The molecule has 1 saturated heterocycles. The van der Waals surface area contributed by atoms with Crippen LogP contribution in [-0.4, -0.2) is 30.4 Å². The number of nitrogens with zero attached hydrogens (tertiary/aromatic N) is 1. The van der Waals surface area contributed by atoms with Crippen LogP contribution in [0.5, 0.6) is 0 Å². The predicted molar refractivity (Wildman–Crippen MR) is 104 cm³/mol. The summed E-state index contributed by atoms with van der Waals surface area (Å²) in [6.45, 7) is 5.09. The van der Waals surface area contributed by atoms with Gasteiger partial charge in [0, 0.05) is 18.7 Å².